The zero-order valence-corrected chi connectivity index (χ0v) is 10.5. The van der Waals surface area contributed by atoms with E-state index >= 15 is 0 Å². The molecule has 94 valence electrons. The summed E-state index contributed by atoms with van der Waals surface area (Å²) in [6.07, 6.45) is 3.48. The molecule has 2 rings (SSSR count). The molecule has 2 aromatic rings. The summed E-state index contributed by atoms with van der Waals surface area (Å²) >= 11 is 0. The van der Waals surface area contributed by atoms with Crippen molar-refractivity contribution in [2.75, 3.05) is 5.73 Å². The van der Waals surface area contributed by atoms with E-state index in [0.717, 1.165) is 24.1 Å². The Hall–Kier alpha value is -2.10. The molecule has 0 unspecified atom stereocenters. The van der Waals surface area contributed by atoms with E-state index < -0.39 is 0 Å². The maximum atomic E-state index is 11.6. The maximum absolute atomic E-state index is 11.6. The van der Waals surface area contributed by atoms with E-state index in [2.05, 4.69) is 5.10 Å². The van der Waals surface area contributed by atoms with Crippen LogP contribution in [0, 0.1) is 6.92 Å². The molecule has 0 atom stereocenters. The largest absolute Gasteiger partial charge is 0.399 e. The van der Waals surface area contributed by atoms with Gasteiger partial charge >= 0.3 is 0 Å². The third-order valence-electron chi connectivity index (χ3n) is 2.79. The predicted molar refractivity (Wildman–Crippen MR) is 72.4 cm³/mol. The van der Waals surface area contributed by atoms with Gasteiger partial charge in [-0.3, -0.25) is 4.79 Å². The minimum atomic E-state index is -0.0393. The normalized spacial score (nSPS) is 10.5. The zero-order chi connectivity index (χ0) is 13.0. The number of hydrogen-bond acceptors (Lipinski definition) is 3. The van der Waals surface area contributed by atoms with E-state index in [0.29, 0.717) is 6.54 Å². The molecule has 2 N–H and O–H groups in total. The van der Waals surface area contributed by atoms with Gasteiger partial charge in [-0.2, -0.15) is 5.10 Å². The summed E-state index contributed by atoms with van der Waals surface area (Å²) in [5.41, 5.74) is 8.54. The molecule has 0 radical (unpaired) electrons. The number of nitrogen functional groups attached to an aromatic ring is 1. The van der Waals surface area contributed by atoms with Crippen LogP contribution in [0.3, 0.4) is 0 Å². The van der Waals surface area contributed by atoms with Crippen LogP contribution >= 0.6 is 0 Å². The summed E-state index contributed by atoms with van der Waals surface area (Å²) in [6, 6.07) is 9.43. The average Bonchev–Trinajstić information content (AvgIpc) is 2.32. The molecule has 0 fully saturated rings. The highest BCUT2D eigenvalue weighted by Gasteiger charge is 1.99. The van der Waals surface area contributed by atoms with E-state index in [-0.39, 0.29) is 5.56 Å². The number of benzene rings is 1. The van der Waals surface area contributed by atoms with E-state index in [1.807, 2.05) is 31.2 Å². The first-order chi connectivity index (χ1) is 8.65. The van der Waals surface area contributed by atoms with Crippen LogP contribution in [0.1, 0.15) is 17.5 Å². The molecule has 1 aromatic heterocycles. The van der Waals surface area contributed by atoms with Crippen molar-refractivity contribution >= 4 is 5.69 Å². The van der Waals surface area contributed by atoms with Crippen molar-refractivity contribution in [1.82, 2.24) is 9.78 Å². The van der Waals surface area contributed by atoms with Gasteiger partial charge in [0.25, 0.3) is 5.56 Å². The molecule has 0 saturated heterocycles. The second kappa shape index (κ2) is 5.49. The number of hydrogen-bond donors (Lipinski definition) is 1. The van der Waals surface area contributed by atoms with Crippen molar-refractivity contribution in [1.29, 1.82) is 0 Å². The lowest BCUT2D eigenvalue weighted by Gasteiger charge is -2.05. The first kappa shape index (κ1) is 12.4. The molecule has 4 nitrogen and oxygen atoms in total. The topological polar surface area (TPSA) is 60.9 Å². The summed E-state index contributed by atoms with van der Waals surface area (Å²) in [6.45, 7) is 2.50. The molecule has 0 aliphatic heterocycles. The highest BCUT2D eigenvalue weighted by atomic mass is 16.1. The SMILES string of the molecule is Cc1cnn(CCCc2cccc(N)c2)c(=O)c1. The third-order valence-corrected chi connectivity index (χ3v) is 2.79. The second-order valence-corrected chi connectivity index (χ2v) is 4.44. The Bertz CT molecular complexity index is 590. The summed E-state index contributed by atoms with van der Waals surface area (Å²) in [5, 5.41) is 4.11. The average molecular weight is 243 g/mol. The van der Waals surface area contributed by atoms with Crippen molar-refractivity contribution in [2.45, 2.75) is 26.3 Å². The summed E-state index contributed by atoms with van der Waals surface area (Å²) in [4.78, 5) is 11.6. The van der Waals surface area contributed by atoms with Gasteiger partial charge in [-0.25, -0.2) is 4.68 Å². The fourth-order valence-electron chi connectivity index (χ4n) is 1.87. The molecule has 0 aliphatic carbocycles. The quantitative estimate of drug-likeness (QED) is 0.832. The minimum Gasteiger partial charge on any atom is -0.399 e. The van der Waals surface area contributed by atoms with Gasteiger partial charge in [0, 0.05) is 18.3 Å². The lowest BCUT2D eigenvalue weighted by Crippen LogP contribution is -2.22. The van der Waals surface area contributed by atoms with Crippen LogP contribution in [0.5, 0.6) is 0 Å². The molecule has 0 bridgehead atoms. The Morgan fingerprint density at radius 3 is 2.89 bits per heavy atom. The monoisotopic (exact) mass is 243 g/mol. The first-order valence-electron chi connectivity index (χ1n) is 6.03. The van der Waals surface area contributed by atoms with Gasteiger partial charge in [0.1, 0.15) is 0 Å². The van der Waals surface area contributed by atoms with Gasteiger partial charge in [-0.15, -0.1) is 0 Å². The molecule has 4 heteroatoms. The van der Waals surface area contributed by atoms with Crippen LogP contribution in [0.25, 0.3) is 0 Å². The van der Waals surface area contributed by atoms with Gasteiger partial charge in [0.05, 0.1) is 6.20 Å². The Labute approximate surface area is 106 Å². The molecule has 1 heterocycles. The molecule has 0 spiro atoms. The van der Waals surface area contributed by atoms with Gasteiger partial charge in [0.2, 0.25) is 0 Å². The van der Waals surface area contributed by atoms with Gasteiger partial charge in [-0.05, 0) is 43.0 Å². The Morgan fingerprint density at radius 2 is 2.17 bits per heavy atom. The highest BCUT2D eigenvalue weighted by Crippen LogP contribution is 2.08. The molecule has 0 amide bonds. The Morgan fingerprint density at radius 1 is 1.33 bits per heavy atom. The van der Waals surface area contributed by atoms with Crippen LogP contribution in [0.15, 0.2) is 41.3 Å². The number of nitrogens with zero attached hydrogens (tertiary/aromatic N) is 2. The standard InChI is InChI=1S/C14H17N3O/c1-11-8-14(18)17(16-10-11)7-3-5-12-4-2-6-13(15)9-12/h2,4,6,8-10H,3,5,7,15H2,1H3. The summed E-state index contributed by atoms with van der Waals surface area (Å²) in [7, 11) is 0. The van der Waals surface area contributed by atoms with Gasteiger partial charge in [-0.1, -0.05) is 12.1 Å². The van der Waals surface area contributed by atoms with E-state index in [9.17, 15) is 4.79 Å². The van der Waals surface area contributed by atoms with Crippen LogP contribution in [-0.4, -0.2) is 9.78 Å². The minimum absolute atomic E-state index is 0.0393. The second-order valence-electron chi connectivity index (χ2n) is 4.44. The molecule has 1 aromatic carbocycles. The fraction of sp³-hybridized carbons (Fsp3) is 0.286. The summed E-state index contributed by atoms with van der Waals surface area (Å²) < 4.78 is 1.50. The fourth-order valence-corrected chi connectivity index (χ4v) is 1.87. The van der Waals surface area contributed by atoms with E-state index in [1.165, 1.54) is 10.2 Å². The number of anilines is 1. The van der Waals surface area contributed by atoms with Crippen LogP contribution in [0.4, 0.5) is 5.69 Å². The van der Waals surface area contributed by atoms with Crippen molar-refractivity contribution in [3.8, 4) is 0 Å². The summed E-state index contributed by atoms with van der Waals surface area (Å²) in [5.74, 6) is 0. The Balaban J connectivity index is 1.94. The molecular formula is C14H17N3O. The zero-order valence-electron chi connectivity index (χ0n) is 10.5. The number of aryl methyl sites for hydroxylation is 3. The highest BCUT2D eigenvalue weighted by molar-refractivity contribution is 5.40. The maximum Gasteiger partial charge on any atom is 0.266 e. The smallest absolute Gasteiger partial charge is 0.266 e. The first-order valence-corrected chi connectivity index (χ1v) is 6.03. The molecular weight excluding hydrogens is 226 g/mol. The van der Waals surface area contributed by atoms with Crippen LogP contribution < -0.4 is 11.3 Å². The lowest BCUT2D eigenvalue weighted by molar-refractivity contribution is 0.547. The molecule has 18 heavy (non-hydrogen) atoms. The van der Waals surface area contributed by atoms with Crippen LogP contribution in [-0.2, 0) is 13.0 Å². The van der Waals surface area contributed by atoms with Crippen molar-refractivity contribution in [2.24, 2.45) is 0 Å². The molecule has 0 aliphatic rings. The Kier molecular flexibility index (Phi) is 3.77. The molecule has 0 saturated carbocycles. The van der Waals surface area contributed by atoms with Crippen molar-refractivity contribution in [3.05, 3.63) is 58.0 Å². The van der Waals surface area contributed by atoms with E-state index in [1.54, 1.807) is 12.3 Å². The van der Waals surface area contributed by atoms with Crippen LogP contribution in [0.2, 0.25) is 0 Å². The number of aromatic nitrogens is 2. The van der Waals surface area contributed by atoms with Gasteiger partial charge < -0.3 is 5.73 Å². The predicted octanol–water partition coefficient (Wildman–Crippen LogP) is 1.77. The lowest BCUT2D eigenvalue weighted by atomic mass is 10.1. The van der Waals surface area contributed by atoms with Crippen molar-refractivity contribution in [3.63, 3.8) is 0 Å². The van der Waals surface area contributed by atoms with Gasteiger partial charge in [0.15, 0.2) is 0 Å². The number of rotatable bonds is 4. The number of nitrogens with two attached hydrogens (primary N) is 1. The van der Waals surface area contributed by atoms with Crippen molar-refractivity contribution < 1.29 is 0 Å². The van der Waals surface area contributed by atoms with E-state index in [4.69, 9.17) is 5.73 Å². The third kappa shape index (κ3) is 3.20.